The quantitative estimate of drug-likeness (QED) is 0.770. The van der Waals surface area contributed by atoms with Crippen LogP contribution < -0.4 is 0 Å². The first-order valence-electron chi connectivity index (χ1n) is 5.29. The average molecular weight is 239 g/mol. The normalized spacial score (nSPS) is 11.9. The van der Waals surface area contributed by atoms with Gasteiger partial charge in [-0.2, -0.15) is 0 Å². The monoisotopic (exact) mass is 239 g/mol. The number of carbonyl (C=O) groups excluding carboxylic acids is 1. The molecule has 0 bridgehead atoms. The number of benzene rings is 1. The maximum Gasteiger partial charge on any atom is 0.331 e. The molecule has 4 nitrogen and oxygen atoms in total. The Labute approximate surface area is 98.7 Å². The van der Waals surface area contributed by atoms with Gasteiger partial charge in [-0.3, -0.25) is 4.79 Å². The summed E-state index contributed by atoms with van der Waals surface area (Å²) in [6.45, 7) is 2.19. The molecule has 1 aromatic carbocycles. The number of amides is 1. The molecule has 0 radical (unpaired) electrons. The summed E-state index contributed by atoms with van der Waals surface area (Å²) in [7, 11) is 0. The summed E-state index contributed by atoms with van der Waals surface area (Å²) in [4.78, 5) is 23.2. The Kier molecular flexibility index (Phi) is 4.63. The molecule has 0 heterocycles. The van der Waals surface area contributed by atoms with Gasteiger partial charge in [-0.25, -0.2) is 9.18 Å². The third-order valence-electron chi connectivity index (χ3n) is 2.37. The van der Waals surface area contributed by atoms with Crippen molar-refractivity contribution in [3.05, 3.63) is 35.6 Å². The third kappa shape index (κ3) is 3.27. The molecule has 0 aliphatic rings. The summed E-state index contributed by atoms with van der Waals surface area (Å²) >= 11 is 0. The van der Waals surface area contributed by atoms with Gasteiger partial charge in [0.05, 0.1) is 0 Å². The van der Waals surface area contributed by atoms with Gasteiger partial charge in [-0.15, -0.1) is 0 Å². The highest BCUT2D eigenvalue weighted by Gasteiger charge is 2.25. The van der Waals surface area contributed by atoms with Crippen molar-refractivity contribution in [1.29, 1.82) is 0 Å². The first kappa shape index (κ1) is 13.2. The highest BCUT2D eigenvalue weighted by atomic mass is 19.1. The van der Waals surface area contributed by atoms with Gasteiger partial charge in [-0.1, -0.05) is 19.1 Å². The predicted molar refractivity (Wildman–Crippen MR) is 59.8 cm³/mol. The van der Waals surface area contributed by atoms with Crippen LogP contribution in [0, 0.1) is 5.82 Å². The minimum Gasteiger partial charge on any atom is -0.479 e. The summed E-state index contributed by atoms with van der Waals surface area (Å²) < 4.78 is 12.8. The number of nitrogens with zero attached hydrogens (tertiary/aromatic N) is 1. The zero-order chi connectivity index (χ0) is 12.8. The summed E-state index contributed by atoms with van der Waals surface area (Å²) in [5, 5.41) is 9.13. The van der Waals surface area contributed by atoms with E-state index in [0.717, 1.165) is 0 Å². The number of carbonyl (C=O) groups is 2. The van der Waals surface area contributed by atoms with E-state index in [1.165, 1.54) is 29.2 Å². The van der Waals surface area contributed by atoms with E-state index in [0.29, 0.717) is 24.9 Å². The first-order chi connectivity index (χ1) is 8.10. The molecule has 1 N–H and O–H groups in total. The molecular weight excluding hydrogens is 225 g/mol. The number of halogens is 1. The summed E-state index contributed by atoms with van der Waals surface area (Å²) in [6, 6.07) is 4.05. The van der Waals surface area contributed by atoms with Crippen molar-refractivity contribution in [1.82, 2.24) is 4.90 Å². The maximum atomic E-state index is 12.8. The lowest BCUT2D eigenvalue weighted by atomic mass is 10.1. The predicted octanol–water partition coefficient (Wildman–Crippen LogP) is 1.82. The van der Waals surface area contributed by atoms with Crippen molar-refractivity contribution >= 4 is 12.4 Å². The summed E-state index contributed by atoms with van der Waals surface area (Å²) in [5.74, 6) is -1.57. The standard InChI is InChI=1S/C12H14FNO3/c1-2-7-14(8-15)11(12(16)17)9-3-5-10(13)6-4-9/h3-6,8,11H,2,7H2,1H3,(H,16,17). The molecule has 92 valence electrons. The second-order valence-corrected chi connectivity index (χ2v) is 3.64. The molecule has 0 aliphatic heterocycles. The molecule has 5 heteroatoms. The van der Waals surface area contributed by atoms with Gasteiger partial charge in [-0.05, 0) is 24.1 Å². The number of hydrogen-bond donors (Lipinski definition) is 1. The van der Waals surface area contributed by atoms with E-state index < -0.39 is 17.8 Å². The third-order valence-corrected chi connectivity index (χ3v) is 2.37. The second-order valence-electron chi connectivity index (χ2n) is 3.64. The van der Waals surface area contributed by atoms with E-state index in [1.807, 2.05) is 6.92 Å². The molecule has 1 unspecified atom stereocenters. The van der Waals surface area contributed by atoms with E-state index in [4.69, 9.17) is 5.11 Å². The van der Waals surface area contributed by atoms with Crippen LogP contribution in [-0.4, -0.2) is 28.9 Å². The fourth-order valence-electron chi connectivity index (χ4n) is 1.62. The summed E-state index contributed by atoms with van der Waals surface area (Å²) in [5.41, 5.74) is 0.388. The van der Waals surface area contributed by atoms with E-state index in [-0.39, 0.29) is 0 Å². The molecule has 1 rings (SSSR count). The van der Waals surface area contributed by atoms with Gasteiger partial charge in [0.15, 0.2) is 6.04 Å². The minimum absolute atomic E-state index is 0.345. The zero-order valence-electron chi connectivity index (χ0n) is 9.47. The van der Waals surface area contributed by atoms with Gasteiger partial charge in [0, 0.05) is 6.54 Å². The minimum atomic E-state index is -1.13. The van der Waals surface area contributed by atoms with Gasteiger partial charge < -0.3 is 10.0 Å². The molecule has 0 aliphatic carbocycles. The topological polar surface area (TPSA) is 57.6 Å². The van der Waals surface area contributed by atoms with Gasteiger partial charge in [0.1, 0.15) is 5.82 Å². The van der Waals surface area contributed by atoms with Crippen molar-refractivity contribution < 1.29 is 19.1 Å². The molecular formula is C12H14FNO3. The van der Waals surface area contributed by atoms with E-state index >= 15 is 0 Å². The first-order valence-corrected chi connectivity index (χ1v) is 5.29. The lowest BCUT2D eigenvalue weighted by Gasteiger charge is -2.24. The van der Waals surface area contributed by atoms with Crippen molar-refractivity contribution in [3.8, 4) is 0 Å². The molecule has 0 spiro atoms. The van der Waals surface area contributed by atoms with Crippen molar-refractivity contribution in [2.75, 3.05) is 6.54 Å². The Balaban J connectivity index is 3.03. The van der Waals surface area contributed by atoms with Crippen LogP contribution in [0.2, 0.25) is 0 Å². The van der Waals surface area contributed by atoms with Crippen molar-refractivity contribution in [2.24, 2.45) is 0 Å². The number of hydrogen-bond acceptors (Lipinski definition) is 2. The van der Waals surface area contributed by atoms with Crippen molar-refractivity contribution in [2.45, 2.75) is 19.4 Å². The maximum absolute atomic E-state index is 12.8. The van der Waals surface area contributed by atoms with Crippen molar-refractivity contribution in [3.63, 3.8) is 0 Å². The average Bonchev–Trinajstić information content (AvgIpc) is 2.30. The van der Waals surface area contributed by atoms with E-state index in [9.17, 15) is 14.0 Å². The molecule has 0 fully saturated rings. The molecule has 17 heavy (non-hydrogen) atoms. The fourth-order valence-corrected chi connectivity index (χ4v) is 1.62. The number of rotatable bonds is 6. The Morgan fingerprint density at radius 3 is 2.47 bits per heavy atom. The molecule has 0 aromatic heterocycles. The molecule has 1 amide bonds. The van der Waals surface area contributed by atoms with Gasteiger partial charge in [0.2, 0.25) is 6.41 Å². The molecule has 1 atom stereocenters. The number of carboxylic acids is 1. The molecule has 1 aromatic rings. The van der Waals surface area contributed by atoms with Gasteiger partial charge >= 0.3 is 5.97 Å². The summed E-state index contributed by atoms with van der Waals surface area (Å²) in [6.07, 6.45) is 1.16. The van der Waals surface area contributed by atoms with Crippen LogP contribution in [0.1, 0.15) is 24.9 Å². The Hall–Kier alpha value is -1.91. The Bertz CT molecular complexity index is 391. The van der Waals surface area contributed by atoms with Crippen LogP contribution in [0.25, 0.3) is 0 Å². The van der Waals surface area contributed by atoms with Crippen LogP contribution in [0.3, 0.4) is 0 Å². The molecule has 0 saturated carbocycles. The largest absolute Gasteiger partial charge is 0.479 e. The highest BCUT2D eigenvalue weighted by molar-refractivity contribution is 5.78. The lowest BCUT2D eigenvalue weighted by Crippen LogP contribution is -2.33. The van der Waals surface area contributed by atoms with E-state index in [2.05, 4.69) is 0 Å². The highest BCUT2D eigenvalue weighted by Crippen LogP contribution is 2.20. The number of carboxylic acid groups (broad SMARTS) is 1. The Morgan fingerprint density at radius 1 is 1.47 bits per heavy atom. The fraction of sp³-hybridized carbons (Fsp3) is 0.333. The molecule has 0 saturated heterocycles. The smallest absolute Gasteiger partial charge is 0.331 e. The van der Waals surface area contributed by atoms with Crippen LogP contribution >= 0.6 is 0 Å². The number of aliphatic carboxylic acids is 1. The van der Waals surface area contributed by atoms with Gasteiger partial charge in [0.25, 0.3) is 0 Å². The van der Waals surface area contributed by atoms with E-state index in [1.54, 1.807) is 0 Å². The second kappa shape index (κ2) is 5.98. The van der Waals surface area contributed by atoms with Crippen LogP contribution in [0.15, 0.2) is 24.3 Å². The Morgan fingerprint density at radius 2 is 2.06 bits per heavy atom. The van der Waals surface area contributed by atoms with Crippen LogP contribution in [-0.2, 0) is 9.59 Å². The zero-order valence-corrected chi connectivity index (χ0v) is 9.47. The SMILES string of the molecule is CCCN(C=O)C(C(=O)O)c1ccc(F)cc1. The van der Waals surface area contributed by atoms with Crippen LogP contribution in [0.5, 0.6) is 0 Å². The van der Waals surface area contributed by atoms with Crippen LogP contribution in [0.4, 0.5) is 4.39 Å². The lowest BCUT2D eigenvalue weighted by molar-refractivity contribution is -0.146.